The summed E-state index contributed by atoms with van der Waals surface area (Å²) in [5.74, 6) is 0.466. The van der Waals surface area contributed by atoms with Crippen LogP contribution in [0.3, 0.4) is 0 Å². The number of carbonyl (C=O) groups is 1. The number of halogens is 1. The average molecular weight is 433 g/mol. The van der Waals surface area contributed by atoms with E-state index < -0.39 is 0 Å². The molecule has 31 heavy (non-hydrogen) atoms. The van der Waals surface area contributed by atoms with Gasteiger partial charge in [-0.2, -0.15) is 0 Å². The second-order valence-corrected chi connectivity index (χ2v) is 8.61. The molecule has 2 aliphatic rings. The van der Waals surface area contributed by atoms with E-state index in [0.717, 1.165) is 47.5 Å². The second kappa shape index (κ2) is 8.16. The Balaban J connectivity index is 1.29. The predicted molar refractivity (Wildman–Crippen MR) is 128 cm³/mol. The van der Waals surface area contributed by atoms with Crippen LogP contribution in [0.15, 0.2) is 60.9 Å². The summed E-state index contributed by atoms with van der Waals surface area (Å²) < 4.78 is 0. The number of hydrogen-bond acceptors (Lipinski definition) is 2. The van der Waals surface area contributed by atoms with Crippen molar-refractivity contribution in [2.24, 2.45) is 0 Å². The maximum atomic E-state index is 11.7. The molecule has 0 spiro atoms. The Morgan fingerprint density at radius 3 is 2.97 bits per heavy atom. The van der Waals surface area contributed by atoms with Gasteiger partial charge < -0.3 is 20.5 Å². The van der Waals surface area contributed by atoms with Gasteiger partial charge in [0.25, 0.3) is 0 Å². The number of amides is 2. The van der Waals surface area contributed by atoms with E-state index in [1.807, 2.05) is 24.3 Å². The van der Waals surface area contributed by atoms with E-state index in [1.54, 1.807) is 7.05 Å². The molecule has 5 nitrogen and oxygen atoms in total. The summed E-state index contributed by atoms with van der Waals surface area (Å²) >= 11 is 6.21. The van der Waals surface area contributed by atoms with Crippen LogP contribution in [0.25, 0.3) is 16.5 Å². The first-order valence-corrected chi connectivity index (χ1v) is 11.0. The van der Waals surface area contributed by atoms with Crippen LogP contribution in [0.1, 0.15) is 29.0 Å². The number of aromatic amines is 1. The first-order chi connectivity index (χ1) is 15.1. The Morgan fingerprint density at radius 2 is 2.16 bits per heavy atom. The molecule has 0 bridgehead atoms. The Bertz CT molecular complexity index is 1210. The van der Waals surface area contributed by atoms with Gasteiger partial charge in [0.2, 0.25) is 0 Å². The number of rotatable bonds is 4. The highest BCUT2D eigenvalue weighted by molar-refractivity contribution is 6.31. The number of anilines is 1. The highest BCUT2D eigenvalue weighted by Crippen LogP contribution is 2.36. The number of nitrogens with one attached hydrogen (secondary N) is 3. The lowest BCUT2D eigenvalue weighted by Crippen LogP contribution is -2.25. The molecule has 5 rings (SSSR count). The fourth-order valence-electron chi connectivity index (χ4n) is 4.63. The zero-order chi connectivity index (χ0) is 21.4. The molecule has 6 heteroatoms. The summed E-state index contributed by atoms with van der Waals surface area (Å²) in [5, 5.41) is 7.39. The first-order valence-electron chi connectivity index (χ1n) is 10.6. The highest BCUT2D eigenvalue weighted by atomic mass is 35.5. The van der Waals surface area contributed by atoms with Crippen LogP contribution in [0.4, 0.5) is 10.5 Å². The van der Waals surface area contributed by atoms with Crippen molar-refractivity contribution in [1.82, 2.24) is 15.2 Å². The van der Waals surface area contributed by atoms with Crippen LogP contribution in [-0.2, 0) is 6.42 Å². The number of aryl methyl sites for hydroxylation is 1. The smallest absolute Gasteiger partial charge is 0.318 e. The fourth-order valence-corrected chi connectivity index (χ4v) is 4.80. The molecule has 1 aliphatic heterocycles. The van der Waals surface area contributed by atoms with Gasteiger partial charge in [0.15, 0.2) is 0 Å². The Morgan fingerprint density at radius 1 is 1.26 bits per heavy atom. The van der Waals surface area contributed by atoms with Crippen molar-refractivity contribution < 1.29 is 4.79 Å². The Labute approximate surface area is 186 Å². The van der Waals surface area contributed by atoms with Gasteiger partial charge in [-0.05, 0) is 72.1 Å². The SMILES string of the molecule is CNC(=O)Nc1ccc2c(c1)C(CN1C=CC(c3c[nH]c4ccc(Cl)cc34)=CC1)CC2. The van der Waals surface area contributed by atoms with E-state index in [0.29, 0.717) is 5.92 Å². The average Bonchev–Trinajstić information content (AvgIpc) is 3.38. The van der Waals surface area contributed by atoms with Crippen LogP contribution in [0.2, 0.25) is 5.02 Å². The van der Waals surface area contributed by atoms with Crippen molar-refractivity contribution in [3.63, 3.8) is 0 Å². The summed E-state index contributed by atoms with van der Waals surface area (Å²) in [6.07, 6.45) is 11.0. The molecular formula is C25H25ClN4O. The summed E-state index contributed by atoms with van der Waals surface area (Å²) in [7, 11) is 1.63. The van der Waals surface area contributed by atoms with Gasteiger partial charge in [-0.15, -0.1) is 0 Å². The lowest BCUT2D eigenvalue weighted by Gasteiger charge is -2.26. The van der Waals surface area contributed by atoms with Crippen LogP contribution >= 0.6 is 11.6 Å². The van der Waals surface area contributed by atoms with E-state index in [9.17, 15) is 4.79 Å². The van der Waals surface area contributed by atoms with Gasteiger partial charge in [0, 0.05) is 59.4 Å². The minimum atomic E-state index is -0.190. The second-order valence-electron chi connectivity index (χ2n) is 8.17. The maximum Gasteiger partial charge on any atom is 0.318 e. The molecule has 2 heterocycles. The Kier molecular flexibility index (Phi) is 5.20. The van der Waals surface area contributed by atoms with Crippen LogP contribution < -0.4 is 10.6 Å². The minimum Gasteiger partial charge on any atom is -0.373 e. The molecule has 3 aromatic rings. The van der Waals surface area contributed by atoms with Gasteiger partial charge in [0.05, 0.1) is 0 Å². The van der Waals surface area contributed by atoms with Crippen molar-refractivity contribution >= 4 is 39.8 Å². The van der Waals surface area contributed by atoms with Gasteiger partial charge >= 0.3 is 6.03 Å². The third-order valence-electron chi connectivity index (χ3n) is 6.25. The number of hydrogen-bond donors (Lipinski definition) is 3. The normalized spacial score (nSPS) is 17.5. The quantitative estimate of drug-likeness (QED) is 0.508. The minimum absolute atomic E-state index is 0.190. The molecule has 0 radical (unpaired) electrons. The molecule has 2 aromatic carbocycles. The van der Waals surface area contributed by atoms with E-state index in [4.69, 9.17) is 11.6 Å². The molecule has 0 fully saturated rings. The lowest BCUT2D eigenvalue weighted by atomic mass is 9.98. The Hall–Kier alpha value is -3.18. The molecule has 1 aromatic heterocycles. The van der Waals surface area contributed by atoms with Gasteiger partial charge in [-0.25, -0.2) is 4.79 Å². The van der Waals surface area contributed by atoms with Crippen LogP contribution in [-0.4, -0.2) is 36.1 Å². The molecule has 2 amide bonds. The van der Waals surface area contributed by atoms with Crippen LogP contribution in [0, 0.1) is 0 Å². The van der Waals surface area contributed by atoms with Crippen molar-refractivity contribution in [1.29, 1.82) is 0 Å². The van der Waals surface area contributed by atoms with Gasteiger partial charge in [-0.1, -0.05) is 23.7 Å². The molecule has 3 N–H and O–H groups in total. The number of fused-ring (bicyclic) bond motifs is 2. The zero-order valence-electron chi connectivity index (χ0n) is 17.4. The zero-order valence-corrected chi connectivity index (χ0v) is 18.2. The number of urea groups is 1. The van der Waals surface area contributed by atoms with Crippen LogP contribution in [0.5, 0.6) is 0 Å². The summed E-state index contributed by atoms with van der Waals surface area (Å²) in [6, 6.07) is 12.0. The standard InChI is InChI=1S/C25H25ClN4O/c1-27-25(31)29-20-6-4-16-2-3-18(21(16)13-20)15-30-10-8-17(9-11-30)23-14-28-24-7-5-19(26)12-22(23)24/h4-10,12-14,18,28H,2-3,11,15H2,1H3,(H2,27,29,31). The van der Waals surface area contributed by atoms with Crippen molar-refractivity contribution in [2.45, 2.75) is 18.8 Å². The van der Waals surface area contributed by atoms with Crippen molar-refractivity contribution in [3.8, 4) is 0 Å². The van der Waals surface area contributed by atoms with Crippen molar-refractivity contribution in [3.05, 3.63) is 82.7 Å². The molecule has 158 valence electrons. The molecule has 1 unspecified atom stereocenters. The molecule has 0 saturated carbocycles. The molecular weight excluding hydrogens is 408 g/mol. The monoisotopic (exact) mass is 432 g/mol. The lowest BCUT2D eigenvalue weighted by molar-refractivity contribution is 0.254. The predicted octanol–water partition coefficient (Wildman–Crippen LogP) is 5.52. The van der Waals surface area contributed by atoms with Crippen molar-refractivity contribution in [2.75, 3.05) is 25.5 Å². The van der Waals surface area contributed by atoms with E-state index in [2.05, 4.69) is 57.2 Å². The summed E-state index contributed by atoms with van der Waals surface area (Å²) in [4.78, 5) is 17.4. The number of H-pyrrole nitrogens is 1. The summed E-state index contributed by atoms with van der Waals surface area (Å²) in [5.41, 5.74) is 7.08. The van der Waals surface area contributed by atoms with Gasteiger partial charge in [0.1, 0.15) is 0 Å². The number of nitrogens with zero attached hydrogens (tertiary/aromatic N) is 1. The molecule has 1 aliphatic carbocycles. The largest absolute Gasteiger partial charge is 0.373 e. The number of aromatic nitrogens is 1. The molecule has 0 saturated heterocycles. The topological polar surface area (TPSA) is 60.2 Å². The van der Waals surface area contributed by atoms with E-state index in [-0.39, 0.29) is 6.03 Å². The summed E-state index contributed by atoms with van der Waals surface area (Å²) in [6.45, 7) is 1.84. The maximum absolute atomic E-state index is 11.7. The fraction of sp³-hybridized carbons (Fsp3) is 0.240. The number of carbonyl (C=O) groups excluding carboxylic acids is 1. The first kappa shape index (κ1) is 19.8. The number of allylic oxidation sites excluding steroid dienone is 2. The molecule has 1 atom stereocenters. The number of benzene rings is 2. The van der Waals surface area contributed by atoms with E-state index >= 15 is 0 Å². The third-order valence-corrected chi connectivity index (χ3v) is 6.49. The highest BCUT2D eigenvalue weighted by Gasteiger charge is 2.25. The van der Waals surface area contributed by atoms with E-state index in [1.165, 1.54) is 22.3 Å². The third kappa shape index (κ3) is 3.93. The van der Waals surface area contributed by atoms with Gasteiger partial charge in [-0.3, -0.25) is 0 Å².